The smallest absolute Gasteiger partial charge is 0.341 e. The molecule has 0 aromatic heterocycles. The minimum atomic E-state index is -0.964. The van der Waals surface area contributed by atoms with Crippen molar-refractivity contribution in [2.45, 2.75) is 12.8 Å². The first kappa shape index (κ1) is 20.1. The van der Waals surface area contributed by atoms with Crippen molar-refractivity contribution in [1.29, 1.82) is 0 Å². The first-order valence-electron chi connectivity index (χ1n) is 9.39. The molecular weight excluding hydrogens is 410 g/mol. The maximum Gasteiger partial charge on any atom is 0.341 e. The number of ketones is 2. The van der Waals surface area contributed by atoms with E-state index in [1.807, 2.05) is 0 Å². The number of nitrogens with zero attached hydrogens (tertiary/aromatic N) is 3. The Balaban J connectivity index is 1.51. The van der Waals surface area contributed by atoms with Gasteiger partial charge in [-0.05, 0) is 31.0 Å². The lowest BCUT2D eigenvalue weighted by atomic mass is 9.82. The lowest BCUT2D eigenvalue weighted by Gasteiger charge is -2.19. The Morgan fingerprint density at radius 1 is 1.06 bits per heavy atom. The van der Waals surface area contributed by atoms with Gasteiger partial charge in [-0.3, -0.25) is 9.59 Å². The quantitative estimate of drug-likeness (QED) is 0.155. The van der Waals surface area contributed by atoms with Crippen molar-refractivity contribution in [2.24, 2.45) is 5.28 Å². The summed E-state index contributed by atoms with van der Waals surface area (Å²) in [5, 5.41) is 36.6. The normalized spacial score (nSPS) is 15.5. The molecule has 0 amide bonds. The number of phenolic OH excluding ortho intramolecular Hbond substituents is 2. The maximum atomic E-state index is 12.8. The summed E-state index contributed by atoms with van der Waals surface area (Å²) in [4.78, 5) is 42.7. The predicted molar refractivity (Wildman–Crippen MR) is 101 cm³/mol. The van der Waals surface area contributed by atoms with Gasteiger partial charge < -0.3 is 25.0 Å². The molecule has 0 atom stereocenters. The number of hydrogen-bond acceptors (Lipinski definition) is 9. The topological polar surface area (TPSA) is 152 Å². The fourth-order valence-corrected chi connectivity index (χ4v) is 3.56. The number of rotatable bonds is 5. The standard InChI is InChI=1S/C20H17N3O8/c24-14-5-3-4-12-16(14)19(27)17-13(18(12)26)8-11(9-15(17)25)20(28)30-10-31-21-23(29)22-6-1-2-7-22/h3-5,8-9,24-25H,1-2,6-7,10H2/b23-21-. The van der Waals surface area contributed by atoms with E-state index >= 15 is 0 Å². The van der Waals surface area contributed by atoms with Crippen LogP contribution in [0.4, 0.5) is 0 Å². The Labute approximate surface area is 175 Å². The molecule has 0 radical (unpaired) electrons. The van der Waals surface area contributed by atoms with Gasteiger partial charge in [0.2, 0.25) is 11.1 Å². The van der Waals surface area contributed by atoms with Crippen LogP contribution in [-0.2, 0) is 9.57 Å². The molecule has 0 saturated carbocycles. The highest BCUT2D eigenvalue weighted by atomic mass is 16.8. The molecule has 1 aliphatic carbocycles. The molecule has 1 fully saturated rings. The van der Waals surface area contributed by atoms with E-state index in [2.05, 4.69) is 10.1 Å². The van der Waals surface area contributed by atoms with Gasteiger partial charge >= 0.3 is 5.97 Å². The third-order valence-electron chi connectivity index (χ3n) is 5.03. The minimum Gasteiger partial charge on any atom is -0.569 e. The maximum absolute atomic E-state index is 12.8. The molecule has 31 heavy (non-hydrogen) atoms. The number of ether oxygens (including phenoxy) is 1. The van der Waals surface area contributed by atoms with Crippen LogP contribution < -0.4 is 0 Å². The van der Waals surface area contributed by atoms with Gasteiger partial charge in [0.1, 0.15) is 11.5 Å². The second-order valence-electron chi connectivity index (χ2n) is 6.95. The van der Waals surface area contributed by atoms with Crippen molar-refractivity contribution in [2.75, 3.05) is 19.9 Å². The van der Waals surface area contributed by atoms with Crippen molar-refractivity contribution >= 4 is 17.5 Å². The van der Waals surface area contributed by atoms with Crippen molar-refractivity contribution in [3.05, 3.63) is 63.4 Å². The Kier molecular flexibility index (Phi) is 5.15. The molecule has 4 rings (SSSR count). The minimum absolute atomic E-state index is 0.0398. The summed E-state index contributed by atoms with van der Waals surface area (Å²) in [6.07, 6.45) is 1.74. The van der Waals surface area contributed by atoms with Crippen LogP contribution in [0.15, 0.2) is 35.6 Å². The number of hydrogen-bond donors (Lipinski definition) is 2. The summed E-state index contributed by atoms with van der Waals surface area (Å²) in [5.74, 6) is -3.33. The summed E-state index contributed by atoms with van der Waals surface area (Å²) >= 11 is 0. The number of carbonyl (C=O) groups is 3. The van der Waals surface area contributed by atoms with Crippen LogP contribution in [0.1, 0.15) is 55.0 Å². The molecule has 11 nitrogen and oxygen atoms in total. The molecule has 0 spiro atoms. The number of fused-ring (bicyclic) bond motifs is 2. The molecule has 2 aromatic rings. The van der Waals surface area contributed by atoms with E-state index < -0.39 is 30.1 Å². The second kappa shape index (κ2) is 7.94. The third-order valence-corrected chi connectivity index (χ3v) is 5.03. The number of hydrazine groups is 1. The average molecular weight is 427 g/mol. The van der Waals surface area contributed by atoms with Crippen LogP contribution in [0, 0.1) is 5.21 Å². The number of aromatic hydroxyl groups is 2. The number of benzene rings is 2. The van der Waals surface area contributed by atoms with Gasteiger partial charge in [0, 0.05) is 11.1 Å². The number of esters is 1. The van der Waals surface area contributed by atoms with Crippen LogP contribution in [0.2, 0.25) is 0 Å². The van der Waals surface area contributed by atoms with E-state index in [1.54, 1.807) is 0 Å². The Hall–Kier alpha value is -4.15. The highest BCUT2D eigenvalue weighted by Gasteiger charge is 2.35. The van der Waals surface area contributed by atoms with Crippen molar-refractivity contribution in [3.8, 4) is 11.5 Å². The monoisotopic (exact) mass is 427 g/mol. The molecule has 0 bridgehead atoms. The summed E-state index contributed by atoms with van der Waals surface area (Å²) in [6, 6.07) is 6.12. The lowest BCUT2D eigenvalue weighted by Crippen LogP contribution is -2.27. The molecule has 11 heteroatoms. The highest BCUT2D eigenvalue weighted by Crippen LogP contribution is 2.37. The largest absolute Gasteiger partial charge is 0.569 e. The summed E-state index contributed by atoms with van der Waals surface area (Å²) in [6.45, 7) is 0.434. The molecule has 0 unspecified atom stereocenters. The lowest BCUT2D eigenvalue weighted by molar-refractivity contribution is -0.708. The Morgan fingerprint density at radius 2 is 1.77 bits per heavy atom. The molecule has 160 valence electrons. The molecular formula is C20H17N3O8. The van der Waals surface area contributed by atoms with Crippen LogP contribution in [-0.4, -0.2) is 57.6 Å². The van der Waals surface area contributed by atoms with Crippen LogP contribution in [0.5, 0.6) is 11.5 Å². The zero-order chi connectivity index (χ0) is 22.1. The Bertz CT molecular complexity index is 1120. The molecule has 1 aliphatic heterocycles. The third kappa shape index (κ3) is 3.61. The number of phenols is 2. The van der Waals surface area contributed by atoms with Gasteiger partial charge in [-0.25, -0.2) is 4.79 Å². The Morgan fingerprint density at radius 3 is 2.52 bits per heavy atom. The first-order valence-corrected chi connectivity index (χ1v) is 9.39. The van der Waals surface area contributed by atoms with Gasteiger partial charge in [0.05, 0.1) is 34.7 Å². The highest BCUT2D eigenvalue weighted by molar-refractivity contribution is 6.30. The average Bonchev–Trinajstić information content (AvgIpc) is 3.29. The van der Waals surface area contributed by atoms with Gasteiger partial charge in [-0.15, -0.1) is 5.01 Å². The SMILES string of the molecule is O=C(OCO/N=[N+](\[O-])N1CCCC1)c1cc(O)c2c(c1)C(=O)c1cccc(O)c1C2=O. The van der Waals surface area contributed by atoms with E-state index in [-0.39, 0.29) is 38.5 Å². The van der Waals surface area contributed by atoms with Crippen molar-refractivity contribution in [1.82, 2.24) is 5.01 Å². The van der Waals surface area contributed by atoms with Gasteiger partial charge in [0.25, 0.3) is 6.79 Å². The molecule has 1 saturated heterocycles. The zero-order valence-electron chi connectivity index (χ0n) is 16.1. The van der Waals surface area contributed by atoms with E-state index in [9.17, 15) is 29.8 Å². The van der Waals surface area contributed by atoms with Crippen molar-refractivity contribution < 1.29 is 39.1 Å². The van der Waals surface area contributed by atoms with E-state index in [4.69, 9.17) is 4.74 Å². The van der Waals surface area contributed by atoms with Gasteiger partial charge in [-0.2, -0.15) is 0 Å². The van der Waals surface area contributed by atoms with Crippen LogP contribution >= 0.6 is 0 Å². The molecule has 2 N–H and O–H groups in total. The van der Waals surface area contributed by atoms with Crippen LogP contribution in [0.3, 0.4) is 0 Å². The van der Waals surface area contributed by atoms with Crippen molar-refractivity contribution in [3.63, 3.8) is 0 Å². The predicted octanol–water partition coefficient (Wildman–Crippen LogP) is 1.89. The fraction of sp³-hybridized carbons (Fsp3) is 0.250. The van der Waals surface area contributed by atoms with Gasteiger partial charge in [0.15, 0.2) is 5.78 Å². The van der Waals surface area contributed by atoms with E-state index in [0.717, 1.165) is 25.0 Å². The fourth-order valence-electron chi connectivity index (χ4n) is 3.56. The first-order chi connectivity index (χ1) is 14.9. The van der Waals surface area contributed by atoms with E-state index in [1.165, 1.54) is 23.2 Å². The summed E-state index contributed by atoms with van der Waals surface area (Å²) < 4.78 is 4.85. The van der Waals surface area contributed by atoms with E-state index in [0.29, 0.717) is 13.1 Å². The van der Waals surface area contributed by atoms with Crippen LogP contribution in [0.25, 0.3) is 0 Å². The molecule has 2 aliphatic rings. The summed E-state index contributed by atoms with van der Waals surface area (Å²) in [5.41, 5.74) is -0.958. The van der Waals surface area contributed by atoms with Gasteiger partial charge in [-0.1, -0.05) is 12.1 Å². The molecule has 2 aromatic carbocycles. The summed E-state index contributed by atoms with van der Waals surface area (Å²) in [7, 11) is 0. The molecule has 1 heterocycles. The zero-order valence-corrected chi connectivity index (χ0v) is 16.1. The number of carbonyl (C=O) groups excluding carboxylic acids is 3. The second-order valence-corrected chi connectivity index (χ2v) is 6.95.